The Labute approximate surface area is 242 Å². The van der Waals surface area contributed by atoms with Crippen molar-refractivity contribution < 1.29 is 4.79 Å². The normalized spacial score (nSPS) is 16.3. The molecule has 1 amide bonds. The van der Waals surface area contributed by atoms with Gasteiger partial charge in [0.2, 0.25) is 11.9 Å². The highest BCUT2D eigenvalue weighted by atomic mass is 16.2. The fourth-order valence-corrected chi connectivity index (χ4v) is 6.16. The Kier molecular flexibility index (Phi) is 12.4. The average molecular weight is 549 g/mol. The summed E-state index contributed by atoms with van der Waals surface area (Å²) in [6, 6.07) is 10.8. The number of nitrogens with two attached hydrogens (primary N) is 1. The number of aryl methyl sites for hydroxylation is 1. The molecule has 1 saturated heterocycles. The molecule has 2 aromatic rings. The first kappa shape index (κ1) is 30.1. The topological polar surface area (TPSA) is 87.4 Å². The van der Waals surface area contributed by atoms with E-state index in [1.54, 1.807) is 0 Å². The number of hydrogen-bond donors (Lipinski definition) is 2. The summed E-state index contributed by atoms with van der Waals surface area (Å²) < 4.78 is 0. The largest absolute Gasteiger partial charge is 0.383 e. The number of rotatable bonds is 15. The third-order valence-electron chi connectivity index (χ3n) is 8.71. The maximum Gasteiger partial charge on any atom is 0.226 e. The Morgan fingerprint density at radius 2 is 1.62 bits per heavy atom. The lowest BCUT2D eigenvalue weighted by Gasteiger charge is -2.35. The van der Waals surface area contributed by atoms with Crippen LogP contribution in [0.15, 0.2) is 30.3 Å². The minimum atomic E-state index is 0.272. The van der Waals surface area contributed by atoms with Gasteiger partial charge in [-0.2, -0.15) is 9.97 Å². The molecule has 4 rings (SSSR count). The van der Waals surface area contributed by atoms with Crippen molar-refractivity contribution in [3.05, 3.63) is 41.5 Å². The molecule has 0 spiro atoms. The first-order valence-corrected chi connectivity index (χ1v) is 16.1. The van der Waals surface area contributed by atoms with Crippen molar-refractivity contribution in [2.24, 2.45) is 5.92 Å². The highest BCUT2D eigenvalue weighted by molar-refractivity contribution is 5.76. The third-order valence-corrected chi connectivity index (χ3v) is 8.71. The van der Waals surface area contributed by atoms with Crippen LogP contribution in [0.5, 0.6) is 0 Å². The molecule has 2 heterocycles. The van der Waals surface area contributed by atoms with Crippen molar-refractivity contribution in [2.45, 2.75) is 110 Å². The van der Waals surface area contributed by atoms with Crippen LogP contribution in [0.3, 0.4) is 0 Å². The molecular weight excluding hydrogens is 496 g/mol. The second kappa shape index (κ2) is 16.4. The van der Waals surface area contributed by atoms with E-state index in [2.05, 4.69) is 46.4 Å². The monoisotopic (exact) mass is 548 g/mol. The standard InChI is InChI=1S/C33H52N6O/c1-2-3-7-16-32(40)39-23-21-38(22-24-39)31-25-30(34)36-33(37-31)35-26-29-19-17-28(18-20-29)15-9-5-4-8-12-27-13-10-6-11-14-27/h17-20,25,27H,2-16,21-24,26H2,1H3,(H3,34,35,36,37). The molecule has 7 heteroatoms. The lowest BCUT2D eigenvalue weighted by Crippen LogP contribution is -2.49. The number of benzene rings is 1. The van der Waals surface area contributed by atoms with Crippen LogP contribution in [-0.2, 0) is 17.8 Å². The molecule has 7 nitrogen and oxygen atoms in total. The molecule has 1 saturated carbocycles. The maximum absolute atomic E-state index is 12.5. The second-order valence-electron chi connectivity index (χ2n) is 11.9. The van der Waals surface area contributed by atoms with Crippen molar-refractivity contribution in [1.29, 1.82) is 0 Å². The van der Waals surface area contributed by atoms with E-state index in [0.717, 1.165) is 63.6 Å². The SMILES string of the molecule is CCCCCC(=O)N1CCN(c2cc(N)nc(NCc3ccc(CCCCCCC4CCCCC4)cc3)n2)CC1. The summed E-state index contributed by atoms with van der Waals surface area (Å²) in [5.41, 5.74) is 8.76. The number of piperazine rings is 1. The van der Waals surface area contributed by atoms with Crippen LogP contribution < -0.4 is 16.0 Å². The van der Waals surface area contributed by atoms with Gasteiger partial charge in [-0.05, 0) is 36.3 Å². The highest BCUT2D eigenvalue weighted by Crippen LogP contribution is 2.28. The summed E-state index contributed by atoms with van der Waals surface area (Å²) in [5, 5.41) is 3.36. The Hall–Kier alpha value is -2.83. The molecule has 1 aromatic heterocycles. The van der Waals surface area contributed by atoms with E-state index in [4.69, 9.17) is 10.7 Å². The fraction of sp³-hybridized carbons (Fsp3) is 0.667. The summed E-state index contributed by atoms with van der Waals surface area (Å²) >= 11 is 0. The molecule has 0 radical (unpaired) electrons. The zero-order chi connectivity index (χ0) is 28.0. The van der Waals surface area contributed by atoms with E-state index in [-0.39, 0.29) is 5.91 Å². The number of nitrogens with one attached hydrogen (secondary N) is 1. The number of anilines is 3. The van der Waals surface area contributed by atoms with Gasteiger partial charge in [0, 0.05) is 45.2 Å². The number of unbranched alkanes of at least 4 members (excludes halogenated alkanes) is 5. The van der Waals surface area contributed by atoms with Gasteiger partial charge in [-0.1, -0.05) is 102 Å². The van der Waals surface area contributed by atoms with Gasteiger partial charge in [0.1, 0.15) is 11.6 Å². The van der Waals surface area contributed by atoms with Crippen molar-refractivity contribution >= 4 is 23.5 Å². The minimum absolute atomic E-state index is 0.272. The van der Waals surface area contributed by atoms with Crippen LogP contribution in [0.2, 0.25) is 0 Å². The van der Waals surface area contributed by atoms with Gasteiger partial charge >= 0.3 is 0 Å². The number of nitrogen functional groups attached to an aromatic ring is 1. The quantitative estimate of drug-likeness (QED) is 0.234. The Morgan fingerprint density at radius 1 is 0.900 bits per heavy atom. The predicted molar refractivity (Wildman–Crippen MR) is 167 cm³/mol. The lowest BCUT2D eigenvalue weighted by atomic mass is 9.85. The number of hydrogen-bond acceptors (Lipinski definition) is 6. The van der Waals surface area contributed by atoms with E-state index in [9.17, 15) is 4.79 Å². The summed E-state index contributed by atoms with van der Waals surface area (Å²) in [5.74, 6) is 3.12. The number of nitrogens with zero attached hydrogens (tertiary/aromatic N) is 4. The summed E-state index contributed by atoms with van der Waals surface area (Å²) in [7, 11) is 0. The van der Waals surface area contributed by atoms with E-state index >= 15 is 0 Å². The smallest absolute Gasteiger partial charge is 0.226 e. The summed E-state index contributed by atoms with van der Waals surface area (Å²) in [6.45, 7) is 5.80. The molecule has 220 valence electrons. The molecule has 1 aromatic carbocycles. The molecule has 1 aliphatic heterocycles. The van der Waals surface area contributed by atoms with Gasteiger partial charge in [0.25, 0.3) is 0 Å². The Bertz CT molecular complexity index is 1010. The van der Waals surface area contributed by atoms with E-state index in [1.165, 1.54) is 75.3 Å². The molecule has 40 heavy (non-hydrogen) atoms. The average Bonchev–Trinajstić information content (AvgIpc) is 2.99. The van der Waals surface area contributed by atoms with Crippen LogP contribution in [0.25, 0.3) is 0 Å². The molecule has 2 aliphatic rings. The number of carbonyl (C=O) groups is 1. The van der Waals surface area contributed by atoms with Crippen molar-refractivity contribution in [3.8, 4) is 0 Å². The van der Waals surface area contributed by atoms with Crippen LogP contribution in [0.4, 0.5) is 17.6 Å². The predicted octanol–water partition coefficient (Wildman–Crippen LogP) is 6.97. The van der Waals surface area contributed by atoms with Crippen molar-refractivity contribution in [1.82, 2.24) is 14.9 Å². The zero-order valence-corrected chi connectivity index (χ0v) is 24.9. The zero-order valence-electron chi connectivity index (χ0n) is 24.9. The summed E-state index contributed by atoms with van der Waals surface area (Å²) in [4.78, 5) is 25.8. The van der Waals surface area contributed by atoms with Gasteiger partial charge in [0.05, 0.1) is 0 Å². The lowest BCUT2D eigenvalue weighted by molar-refractivity contribution is -0.131. The minimum Gasteiger partial charge on any atom is -0.383 e. The molecule has 1 aliphatic carbocycles. The van der Waals surface area contributed by atoms with Gasteiger partial charge in [-0.15, -0.1) is 0 Å². The van der Waals surface area contributed by atoms with E-state index in [1.807, 2.05) is 11.0 Å². The van der Waals surface area contributed by atoms with Crippen LogP contribution in [0.1, 0.15) is 108 Å². The second-order valence-corrected chi connectivity index (χ2v) is 11.9. The highest BCUT2D eigenvalue weighted by Gasteiger charge is 2.22. The van der Waals surface area contributed by atoms with Crippen LogP contribution >= 0.6 is 0 Å². The third kappa shape index (κ3) is 9.97. The van der Waals surface area contributed by atoms with Gasteiger partial charge < -0.3 is 20.9 Å². The van der Waals surface area contributed by atoms with Crippen LogP contribution in [0, 0.1) is 5.92 Å². The van der Waals surface area contributed by atoms with E-state index in [0.29, 0.717) is 24.7 Å². The Morgan fingerprint density at radius 3 is 2.38 bits per heavy atom. The summed E-state index contributed by atoms with van der Waals surface area (Å²) in [6.07, 6.45) is 19.3. The Balaban J connectivity index is 1.16. The van der Waals surface area contributed by atoms with Gasteiger partial charge in [0.15, 0.2) is 0 Å². The molecule has 0 unspecified atom stereocenters. The first-order valence-electron chi connectivity index (χ1n) is 16.1. The molecular formula is C33H52N6O. The van der Waals surface area contributed by atoms with Crippen molar-refractivity contribution in [2.75, 3.05) is 42.1 Å². The first-order chi connectivity index (χ1) is 19.6. The van der Waals surface area contributed by atoms with Crippen molar-refractivity contribution in [3.63, 3.8) is 0 Å². The fourth-order valence-electron chi connectivity index (χ4n) is 6.16. The molecule has 3 N–H and O–H groups in total. The molecule has 0 atom stereocenters. The van der Waals surface area contributed by atoms with Crippen LogP contribution in [-0.4, -0.2) is 47.0 Å². The van der Waals surface area contributed by atoms with Gasteiger partial charge in [-0.3, -0.25) is 4.79 Å². The maximum atomic E-state index is 12.5. The van der Waals surface area contributed by atoms with Gasteiger partial charge in [-0.25, -0.2) is 0 Å². The molecule has 2 fully saturated rings. The number of carbonyl (C=O) groups excluding carboxylic acids is 1. The number of aromatic nitrogens is 2. The van der Waals surface area contributed by atoms with E-state index < -0.39 is 0 Å². The number of amides is 1. The molecule has 0 bridgehead atoms.